The third-order valence-corrected chi connectivity index (χ3v) is 2.45. The predicted octanol–water partition coefficient (Wildman–Crippen LogP) is 1.67. The average Bonchev–Trinajstić information content (AvgIpc) is 2.65. The van der Waals surface area contributed by atoms with Gasteiger partial charge in [0.1, 0.15) is 0 Å². The minimum Gasteiger partial charge on any atom is -0.380 e. The van der Waals surface area contributed by atoms with Crippen LogP contribution in [0.4, 0.5) is 0 Å². The van der Waals surface area contributed by atoms with Crippen LogP contribution in [-0.4, -0.2) is 30.0 Å². The highest BCUT2D eigenvalue weighted by atomic mass is 16.5. The van der Waals surface area contributed by atoms with Gasteiger partial charge in [-0.2, -0.15) is 5.10 Å². The van der Waals surface area contributed by atoms with E-state index in [1.165, 1.54) is 5.69 Å². The van der Waals surface area contributed by atoms with Crippen LogP contribution in [-0.2, 0) is 17.8 Å². The third-order valence-electron chi connectivity index (χ3n) is 2.45. The van der Waals surface area contributed by atoms with Crippen LogP contribution in [0.2, 0.25) is 0 Å². The van der Waals surface area contributed by atoms with E-state index in [-0.39, 0.29) is 0 Å². The first-order chi connectivity index (χ1) is 7.74. The molecule has 0 saturated carbocycles. The molecule has 4 heteroatoms. The number of rotatable bonds is 8. The van der Waals surface area contributed by atoms with E-state index in [9.17, 15) is 0 Å². The second-order valence-electron chi connectivity index (χ2n) is 4.37. The van der Waals surface area contributed by atoms with Gasteiger partial charge in [-0.1, -0.05) is 13.8 Å². The zero-order valence-electron chi connectivity index (χ0n) is 10.6. The van der Waals surface area contributed by atoms with Crippen LogP contribution in [0, 0.1) is 5.92 Å². The lowest BCUT2D eigenvalue weighted by Gasteiger charge is -2.09. The van der Waals surface area contributed by atoms with E-state index in [1.54, 1.807) is 0 Å². The Morgan fingerprint density at radius 1 is 1.44 bits per heavy atom. The average molecular weight is 225 g/mol. The van der Waals surface area contributed by atoms with E-state index in [4.69, 9.17) is 4.74 Å². The molecule has 92 valence electrons. The number of hydrogen-bond acceptors (Lipinski definition) is 3. The van der Waals surface area contributed by atoms with Crippen LogP contribution in [0.25, 0.3) is 0 Å². The summed E-state index contributed by atoms with van der Waals surface area (Å²) < 4.78 is 7.56. The minimum atomic E-state index is 0.713. The molecule has 0 aromatic carbocycles. The predicted molar refractivity (Wildman–Crippen MR) is 65.3 cm³/mol. The largest absolute Gasteiger partial charge is 0.380 e. The van der Waals surface area contributed by atoms with Gasteiger partial charge in [-0.15, -0.1) is 0 Å². The first-order valence-electron chi connectivity index (χ1n) is 5.97. The number of hydrogen-bond donors (Lipinski definition) is 1. The molecule has 1 N–H and O–H groups in total. The molecule has 0 radical (unpaired) electrons. The van der Waals surface area contributed by atoms with E-state index < -0.39 is 0 Å². The summed E-state index contributed by atoms with van der Waals surface area (Å²) in [5, 5.41) is 7.39. The molecule has 0 unspecified atom stereocenters. The van der Waals surface area contributed by atoms with Gasteiger partial charge in [-0.3, -0.25) is 4.68 Å². The van der Waals surface area contributed by atoms with E-state index in [0.717, 1.165) is 32.7 Å². The van der Waals surface area contributed by atoms with E-state index in [0.29, 0.717) is 5.92 Å². The molecule has 0 atom stereocenters. The number of nitrogens with zero attached hydrogens (tertiary/aromatic N) is 2. The van der Waals surface area contributed by atoms with Gasteiger partial charge in [-0.05, 0) is 25.5 Å². The van der Waals surface area contributed by atoms with Gasteiger partial charge in [0.2, 0.25) is 0 Å². The zero-order chi connectivity index (χ0) is 11.8. The lowest BCUT2D eigenvalue weighted by Crippen LogP contribution is -2.15. The first-order valence-corrected chi connectivity index (χ1v) is 5.97. The molecule has 1 aromatic heterocycles. The van der Waals surface area contributed by atoms with Crippen LogP contribution in [0.1, 0.15) is 26.0 Å². The molecule has 0 bridgehead atoms. The summed E-state index contributed by atoms with van der Waals surface area (Å²) >= 11 is 0. The Kier molecular flexibility index (Phi) is 6.11. The van der Waals surface area contributed by atoms with Crippen molar-refractivity contribution in [3.8, 4) is 0 Å². The fraction of sp³-hybridized carbons (Fsp3) is 0.750. The number of aromatic nitrogens is 2. The maximum atomic E-state index is 5.57. The highest BCUT2D eigenvalue weighted by molar-refractivity contribution is 4.99. The highest BCUT2D eigenvalue weighted by Gasteiger charge is 2.01. The molecule has 1 rings (SSSR count). The normalized spacial score (nSPS) is 11.2. The Hall–Kier alpha value is -0.870. The van der Waals surface area contributed by atoms with Crippen molar-refractivity contribution in [1.29, 1.82) is 0 Å². The van der Waals surface area contributed by atoms with Crippen LogP contribution in [0.5, 0.6) is 0 Å². The lowest BCUT2D eigenvalue weighted by molar-refractivity contribution is 0.113. The fourth-order valence-corrected chi connectivity index (χ4v) is 1.46. The van der Waals surface area contributed by atoms with Crippen molar-refractivity contribution in [3.05, 3.63) is 18.0 Å². The van der Waals surface area contributed by atoms with Gasteiger partial charge in [0.15, 0.2) is 0 Å². The molecule has 0 amide bonds. The van der Waals surface area contributed by atoms with Gasteiger partial charge >= 0.3 is 0 Å². The minimum absolute atomic E-state index is 0.713. The quantitative estimate of drug-likeness (QED) is 0.684. The lowest BCUT2D eigenvalue weighted by atomic mass is 10.1. The van der Waals surface area contributed by atoms with Gasteiger partial charge < -0.3 is 10.1 Å². The smallest absolute Gasteiger partial charge is 0.0662 e. The van der Waals surface area contributed by atoms with Crippen LogP contribution < -0.4 is 5.32 Å². The molecule has 1 aromatic rings. The van der Waals surface area contributed by atoms with Crippen molar-refractivity contribution in [2.45, 2.75) is 33.4 Å². The van der Waals surface area contributed by atoms with Crippen molar-refractivity contribution in [3.63, 3.8) is 0 Å². The summed E-state index contributed by atoms with van der Waals surface area (Å²) in [6.07, 6.45) is 2.96. The summed E-state index contributed by atoms with van der Waals surface area (Å²) in [4.78, 5) is 0. The molecule has 0 aliphatic heterocycles. The van der Waals surface area contributed by atoms with Gasteiger partial charge in [0, 0.05) is 19.3 Å². The van der Waals surface area contributed by atoms with Gasteiger partial charge in [0.05, 0.1) is 18.8 Å². The molecule has 0 spiro atoms. The molecule has 0 fully saturated rings. The Morgan fingerprint density at radius 3 is 2.94 bits per heavy atom. The van der Waals surface area contributed by atoms with Crippen molar-refractivity contribution >= 4 is 0 Å². The number of ether oxygens (including phenoxy) is 1. The van der Waals surface area contributed by atoms with Gasteiger partial charge in [0.25, 0.3) is 0 Å². The Bertz CT molecular complexity index is 284. The van der Waals surface area contributed by atoms with Crippen LogP contribution in [0.15, 0.2) is 12.3 Å². The number of nitrogens with one attached hydrogen (secondary N) is 1. The summed E-state index contributed by atoms with van der Waals surface area (Å²) in [5.74, 6) is 0.713. The van der Waals surface area contributed by atoms with Gasteiger partial charge in [-0.25, -0.2) is 0 Å². The molecular formula is C12H23N3O. The van der Waals surface area contributed by atoms with Crippen molar-refractivity contribution in [2.24, 2.45) is 5.92 Å². The Labute approximate surface area is 98.0 Å². The zero-order valence-corrected chi connectivity index (χ0v) is 10.6. The summed E-state index contributed by atoms with van der Waals surface area (Å²) in [6, 6.07) is 2.03. The van der Waals surface area contributed by atoms with E-state index >= 15 is 0 Å². The maximum absolute atomic E-state index is 5.57. The molecule has 4 nitrogen and oxygen atoms in total. The molecular weight excluding hydrogens is 202 g/mol. The molecule has 1 heterocycles. The highest BCUT2D eigenvalue weighted by Crippen LogP contribution is 2.00. The standard InChI is InChI=1S/C12H23N3O/c1-11(2)5-8-16-9-7-15-12(10-13-3)4-6-14-15/h4,6,11,13H,5,7-10H2,1-3H3. The summed E-state index contributed by atoms with van der Waals surface area (Å²) in [7, 11) is 1.94. The monoisotopic (exact) mass is 225 g/mol. The Morgan fingerprint density at radius 2 is 2.25 bits per heavy atom. The topological polar surface area (TPSA) is 39.1 Å². The van der Waals surface area contributed by atoms with Crippen LogP contribution in [0.3, 0.4) is 0 Å². The van der Waals surface area contributed by atoms with Crippen molar-refractivity contribution in [2.75, 3.05) is 20.3 Å². The van der Waals surface area contributed by atoms with E-state index in [1.807, 2.05) is 24.0 Å². The van der Waals surface area contributed by atoms with Crippen molar-refractivity contribution in [1.82, 2.24) is 15.1 Å². The summed E-state index contributed by atoms with van der Waals surface area (Å²) in [6.45, 7) is 7.70. The molecule has 0 saturated heterocycles. The summed E-state index contributed by atoms with van der Waals surface area (Å²) in [5.41, 5.74) is 1.20. The SMILES string of the molecule is CNCc1ccnn1CCOCCC(C)C. The molecule has 16 heavy (non-hydrogen) atoms. The maximum Gasteiger partial charge on any atom is 0.0662 e. The first kappa shape index (κ1) is 13.2. The second-order valence-corrected chi connectivity index (χ2v) is 4.37. The third kappa shape index (κ3) is 4.77. The fourth-order valence-electron chi connectivity index (χ4n) is 1.46. The molecule has 0 aliphatic carbocycles. The van der Waals surface area contributed by atoms with Crippen LogP contribution >= 0.6 is 0 Å². The van der Waals surface area contributed by atoms with Crippen molar-refractivity contribution < 1.29 is 4.74 Å². The Balaban J connectivity index is 2.18. The molecule has 0 aliphatic rings. The second kappa shape index (κ2) is 7.41. The van der Waals surface area contributed by atoms with E-state index in [2.05, 4.69) is 24.3 Å².